The van der Waals surface area contributed by atoms with Gasteiger partial charge in [0.1, 0.15) is 0 Å². The Balaban J connectivity index is 0.732. The quantitative estimate of drug-likeness (QED) is 0.0898. The van der Waals surface area contributed by atoms with E-state index in [0.717, 1.165) is 57.8 Å². The molecule has 0 nitrogen and oxygen atoms in total. The van der Waals surface area contributed by atoms with Crippen molar-refractivity contribution in [3.05, 3.63) is 323 Å². The van der Waals surface area contributed by atoms with E-state index in [1.807, 2.05) is 0 Å². The molecular weight excluding hydrogens is 1260 g/mol. The van der Waals surface area contributed by atoms with Gasteiger partial charge >= 0.3 is 0 Å². The third kappa shape index (κ3) is 9.24. The number of aryl methyl sites for hydroxylation is 3. The summed E-state index contributed by atoms with van der Waals surface area (Å²) in [4.78, 5) is 0. The first-order valence-electron chi connectivity index (χ1n) is 39.4. The number of hydrogen-bond donors (Lipinski definition) is 0. The van der Waals surface area contributed by atoms with Gasteiger partial charge < -0.3 is 0 Å². The van der Waals surface area contributed by atoms with Crippen LogP contribution in [-0.2, 0) is 35.5 Å². The molecule has 0 radical (unpaired) electrons. The van der Waals surface area contributed by atoms with Crippen LogP contribution >= 0.6 is 0 Å². The second kappa shape index (κ2) is 24.9. The minimum atomic E-state index is -0.183. The summed E-state index contributed by atoms with van der Waals surface area (Å²) in [6, 6.07) is 108. The van der Waals surface area contributed by atoms with E-state index < -0.39 is 0 Å². The Bertz CT molecular complexity index is 6290. The molecule has 16 aromatic rings. The fraction of sp³-hybridized carbons (Fsp3) is 0.200. The minimum Gasteiger partial charge on any atom is -0.0642 e. The van der Waals surface area contributed by atoms with Crippen molar-refractivity contribution in [2.24, 2.45) is 0 Å². The second-order valence-electron chi connectivity index (χ2n) is 30.7. The number of fused-ring (bicyclic) bond motifs is 15. The van der Waals surface area contributed by atoms with Crippen molar-refractivity contribution in [3.8, 4) is 100 Å². The standard InChI is InChI=1S/C105H90/c1-10-64-40-48-85-88(56-64)97(67-30-20-19-21-31-67)79-33-22-23-34-80(79)98(85)70-45-54-77-75-51-43-68(59-92(75)104(15-6,16-7)95(77)61-70)69-44-52-76-78-55-46-71(62-96(78)105(17-8,18-9)93(76)60-69)99-81-35-24-27-38-84(81)102(90-58-66(12-3)41-49-86(90)99)101-83-37-26-25-36-82(83)100(89-57-65(11-2)42-50-87(89)101)72-47-53-74-73-32-28-29-39-91(73)103(13-4,14-5)94(74)63-72/h19-63H,10-18H2,1-9H3. The third-order valence-electron chi connectivity index (χ3n) is 26.6. The van der Waals surface area contributed by atoms with E-state index >= 15 is 0 Å². The maximum atomic E-state index is 2.63. The van der Waals surface area contributed by atoms with Gasteiger partial charge in [-0.05, 0) is 303 Å². The zero-order valence-electron chi connectivity index (χ0n) is 62.3. The molecule has 0 spiro atoms. The van der Waals surface area contributed by atoms with Crippen molar-refractivity contribution in [1.82, 2.24) is 0 Å². The van der Waals surface area contributed by atoms with Crippen LogP contribution in [0.15, 0.2) is 273 Å². The van der Waals surface area contributed by atoms with Crippen molar-refractivity contribution >= 4 is 64.6 Å². The van der Waals surface area contributed by atoms with Crippen LogP contribution in [-0.4, -0.2) is 0 Å². The smallest absolute Gasteiger partial charge is 0.0210 e. The van der Waals surface area contributed by atoms with E-state index in [9.17, 15) is 0 Å². The van der Waals surface area contributed by atoms with E-state index in [2.05, 4.69) is 335 Å². The summed E-state index contributed by atoms with van der Waals surface area (Å²) in [5, 5.41) is 15.6. The van der Waals surface area contributed by atoms with E-state index in [1.165, 1.54) is 215 Å². The first kappa shape index (κ1) is 64.9. The summed E-state index contributed by atoms with van der Waals surface area (Å²) >= 11 is 0. The van der Waals surface area contributed by atoms with Gasteiger partial charge in [0.05, 0.1) is 0 Å². The fourth-order valence-corrected chi connectivity index (χ4v) is 21.0. The van der Waals surface area contributed by atoms with Crippen LogP contribution in [0, 0.1) is 0 Å². The molecular formula is C105H90. The third-order valence-corrected chi connectivity index (χ3v) is 26.6. The zero-order valence-corrected chi connectivity index (χ0v) is 62.3. The molecule has 510 valence electrons. The van der Waals surface area contributed by atoms with Gasteiger partial charge in [0.15, 0.2) is 0 Å². The number of hydrogen-bond acceptors (Lipinski definition) is 0. The van der Waals surface area contributed by atoms with Crippen LogP contribution in [0.4, 0.5) is 0 Å². The van der Waals surface area contributed by atoms with E-state index in [1.54, 1.807) is 0 Å². The monoisotopic (exact) mass is 1350 g/mol. The van der Waals surface area contributed by atoms with E-state index in [-0.39, 0.29) is 16.2 Å². The molecule has 0 aliphatic heterocycles. The van der Waals surface area contributed by atoms with Crippen molar-refractivity contribution in [2.45, 2.75) is 136 Å². The number of benzene rings is 16. The molecule has 0 saturated heterocycles. The van der Waals surface area contributed by atoms with Crippen LogP contribution in [0.25, 0.3) is 165 Å². The summed E-state index contributed by atoms with van der Waals surface area (Å²) in [7, 11) is 0. The highest BCUT2D eigenvalue weighted by molar-refractivity contribution is 6.30. The van der Waals surface area contributed by atoms with Crippen molar-refractivity contribution in [3.63, 3.8) is 0 Å². The van der Waals surface area contributed by atoms with Gasteiger partial charge in [-0.1, -0.05) is 305 Å². The molecule has 0 saturated carbocycles. The normalized spacial score (nSPS) is 14.1. The summed E-state index contributed by atoms with van der Waals surface area (Å²) < 4.78 is 0. The van der Waals surface area contributed by atoms with Crippen LogP contribution in [0.5, 0.6) is 0 Å². The summed E-state index contributed by atoms with van der Waals surface area (Å²) in [6.45, 7) is 21.4. The fourth-order valence-electron chi connectivity index (χ4n) is 21.0. The average molecular weight is 1350 g/mol. The highest BCUT2D eigenvalue weighted by atomic mass is 14.5. The van der Waals surface area contributed by atoms with Crippen LogP contribution in [0.2, 0.25) is 0 Å². The van der Waals surface area contributed by atoms with Gasteiger partial charge in [-0.3, -0.25) is 0 Å². The van der Waals surface area contributed by atoms with Crippen molar-refractivity contribution < 1.29 is 0 Å². The SMILES string of the molecule is CCc1ccc2c(-c3ccc4c(c3)C(CC)(CC)c3cc(-c5ccc6c(c5)C(CC)(CC)c5cc(-c7c8ccccc8c(-c8c9ccccc9c(-c9ccc%10c(c9)C(CC)(CC)c9ccccc9-%10)c9cc(CC)ccc89)c8cc(CC)ccc78)ccc5-6)ccc3-4)c3ccccc3c(-c3ccccc3)c2c1. The lowest BCUT2D eigenvalue weighted by molar-refractivity contribution is 0.490. The number of rotatable bonds is 15. The topological polar surface area (TPSA) is 0 Å². The first-order chi connectivity index (χ1) is 51.6. The van der Waals surface area contributed by atoms with Gasteiger partial charge in [-0.15, -0.1) is 0 Å². The molecule has 0 atom stereocenters. The summed E-state index contributed by atoms with van der Waals surface area (Å²) in [5.74, 6) is 0. The Hall–Kier alpha value is -10.9. The van der Waals surface area contributed by atoms with Gasteiger partial charge in [-0.25, -0.2) is 0 Å². The summed E-state index contributed by atoms with van der Waals surface area (Å²) in [6.07, 6.45) is 9.05. The van der Waals surface area contributed by atoms with Crippen molar-refractivity contribution in [2.75, 3.05) is 0 Å². The Morgan fingerprint density at radius 1 is 0.171 bits per heavy atom. The maximum absolute atomic E-state index is 2.63. The van der Waals surface area contributed by atoms with Crippen molar-refractivity contribution in [1.29, 1.82) is 0 Å². The lowest BCUT2D eigenvalue weighted by atomic mass is 9.72. The first-order valence-corrected chi connectivity index (χ1v) is 39.4. The molecule has 3 aliphatic carbocycles. The molecule has 16 aromatic carbocycles. The zero-order chi connectivity index (χ0) is 71.2. The Labute approximate surface area is 620 Å². The summed E-state index contributed by atoms with van der Waals surface area (Å²) in [5.41, 5.74) is 36.4. The molecule has 0 N–H and O–H groups in total. The Morgan fingerprint density at radius 2 is 0.419 bits per heavy atom. The lowest BCUT2D eigenvalue weighted by Crippen LogP contribution is -2.23. The molecule has 0 fully saturated rings. The van der Waals surface area contributed by atoms with E-state index in [0.29, 0.717) is 0 Å². The highest BCUT2D eigenvalue weighted by Gasteiger charge is 2.45. The molecule has 105 heavy (non-hydrogen) atoms. The van der Waals surface area contributed by atoms with Crippen LogP contribution in [0.3, 0.4) is 0 Å². The molecule has 0 aromatic heterocycles. The Kier molecular flexibility index (Phi) is 15.4. The molecule has 3 aliphatic rings. The average Bonchev–Trinajstić information content (AvgIpc) is 1.69. The molecule has 0 unspecified atom stereocenters. The second-order valence-corrected chi connectivity index (χ2v) is 30.7. The molecule has 0 heterocycles. The van der Waals surface area contributed by atoms with Crippen LogP contribution in [0.1, 0.15) is 151 Å². The van der Waals surface area contributed by atoms with Gasteiger partial charge in [0.25, 0.3) is 0 Å². The predicted octanol–water partition coefficient (Wildman–Crippen LogP) is 29.6. The molecule has 0 heteroatoms. The van der Waals surface area contributed by atoms with Gasteiger partial charge in [-0.2, -0.15) is 0 Å². The van der Waals surface area contributed by atoms with Crippen LogP contribution < -0.4 is 0 Å². The maximum Gasteiger partial charge on any atom is 0.0210 e. The van der Waals surface area contributed by atoms with Gasteiger partial charge in [0.2, 0.25) is 0 Å². The predicted molar refractivity (Wildman–Crippen MR) is 453 cm³/mol. The van der Waals surface area contributed by atoms with E-state index in [4.69, 9.17) is 0 Å². The highest BCUT2D eigenvalue weighted by Crippen LogP contribution is 2.60. The lowest BCUT2D eigenvalue weighted by Gasteiger charge is -2.31. The largest absolute Gasteiger partial charge is 0.0642 e. The minimum absolute atomic E-state index is 0.0338. The molecule has 0 bridgehead atoms. The molecule has 0 amide bonds. The molecule has 19 rings (SSSR count). The Morgan fingerprint density at radius 3 is 0.781 bits per heavy atom. The van der Waals surface area contributed by atoms with Gasteiger partial charge in [0, 0.05) is 16.2 Å².